The molecule has 0 aliphatic carbocycles. The standard InChI is InChI=1S/C20H18N4O2S/c25-19-9-14(11-24(19)12-15-4-3-7-27-15)20-22-18(26-23-20)8-13-10-21-17-6-2-1-5-16(13)17/h1-7,10,14,21H,8-9,11-12H2. The number of H-pyrrole nitrogens is 1. The number of nitrogens with one attached hydrogen (secondary N) is 1. The molecule has 0 radical (unpaired) electrons. The zero-order valence-electron chi connectivity index (χ0n) is 14.6. The molecule has 1 N–H and O–H groups in total. The normalized spacial score (nSPS) is 17.3. The first kappa shape index (κ1) is 16.3. The number of thiophene rings is 1. The van der Waals surface area contributed by atoms with E-state index in [-0.39, 0.29) is 11.8 Å². The Labute approximate surface area is 159 Å². The van der Waals surface area contributed by atoms with E-state index in [4.69, 9.17) is 4.52 Å². The summed E-state index contributed by atoms with van der Waals surface area (Å²) in [5.74, 6) is 1.36. The molecule has 6 nitrogen and oxygen atoms in total. The summed E-state index contributed by atoms with van der Waals surface area (Å²) >= 11 is 1.67. The molecule has 136 valence electrons. The largest absolute Gasteiger partial charge is 0.361 e. The van der Waals surface area contributed by atoms with Gasteiger partial charge in [0, 0.05) is 40.9 Å². The zero-order chi connectivity index (χ0) is 18.2. The van der Waals surface area contributed by atoms with Gasteiger partial charge in [-0.1, -0.05) is 29.4 Å². The summed E-state index contributed by atoms with van der Waals surface area (Å²) < 4.78 is 5.47. The average Bonchev–Trinajstić information content (AvgIpc) is 3.45. The number of amides is 1. The molecule has 1 amide bonds. The highest BCUT2D eigenvalue weighted by Gasteiger charge is 2.33. The molecule has 1 atom stereocenters. The van der Waals surface area contributed by atoms with Gasteiger partial charge in [0.25, 0.3) is 0 Å². The molecule has 1 aliphatic rings. The first-order valence-electron chi connectivity index (χ1n) is 8.94. The van der Waals surface area contributed by atoms with Crippen LogP contribution in [0.4, 0.5) is 0 Å². The first-order valence-corrected chi connectivity index (χ1v) is 9.82. The molecule has 4 heterocycles. The highest BCUT2D eigenvalue weighted by Crippen LogP contribution is 2.29. The molecule has 1 fully saturated rings. The number of carbonyl (C=O) groups excluding carboxylic acids is 1. The summed E-state index contributed by atoms with van der Waals surface area (Å²) in [6.45, 7) is 1.30. The molecule has 5 rings (SSSR count). The van der Waals surface area contributed by atoms with Gasteiger partial charge in [0.05, 0.1) is 13.0 Å². The van der Waals surface area contributed by atoms with Gasteiger partial charge in [-0.15, -0.1) is 11.3 Å². The monoisotopic (exact) mass is 378 g/mol. The number of likely N-dealkylation sites (tertiary alicyclic amines) is 1. The maximum absolute atomic E-state index is 12.3. The summed E-state index contributed by atoms with van der Waals surface area (Å²) in [6.07, 6.45) is 3.00. The van der Waals surface area contributed by atoms with E-state index < -0.39 is 0 Å². The number of carbonyl (C=O) groups is 1. The Bertz CT molecular complexity index is 1080. The highest BCUT2D eigenvalue weighted by molar-refractivity contribution is 7.09. The van der Waals surface area contributed by atoms with Gasteiger partial charge in [-0.2, -0.15) is 4.98 Å². The third kappa shape index (κ3) is 3.14. The fraction of sp³-hybridized carbons (Fsp3) is 0.250. The van der Waals surface area contributed by atoms with Crippen LogP contribution < -0.4 is 0 Å². The lowest BCUT2D eigenvalue weighted by molar-refractivity contribution is -0.128. The van der Waals surface area contributed by atoms with Crippen LogP contribution in [0.1, 0.15) is 34.5 Å². The summed E-state index contributed by atoms with van der Waals surface area (Å²) in [5.41, 5.74) is 2.22. The molecule has 4 aromatic rings. The van der Waals surface area contributed by atoms with Crippen LogP contribution >= 0.6 is 11.3 Å². The summed E-state index contributed by atoms with van der Waals surface area (Å²) in [6, 6.07) is 12.2. The Morgan fingerprint density at radius 1 is 1.26 bits per heavy atom. The minimum Gasteiger partial charge on any atom is -0.361 e. The molecule has 1 aromatic carbocycles. The molecule has 0 bridgehead atoms. The fourth-order valence-corrected chi connectivity index (χ4v) is 4.35. The minimum atomic E-state index is -0.00192. The zero-order valence-corrected chi connectivity index (χ0v) is 15.4. The van der Waals surface area contributed by atoms with Crippen LogP contribution in [0.2, 0.25) is 0 Å². The molecular formula is C20H18N4O2S. The van der Waals surface area contributed by atoms with Gasteiger partial charge >= 0.3 is 0 Å². The Morgan fingerprint density at radius 3 is 3.07 bits per heavy atom. The van der Waals surface area contributed by atoms with Crippen molar-refractivity contribution in [2.24, 2.45) is 0 Å². The van der Waals surface area contributed by atoms with Gasteiger partial charge in [0.1, 0.15) is 0 Å². The number of benzene rings is 1. The summed E-state index contributed by atoms with van der Waals surface area (Å²) in [7, 11) is 0. The van der Waals surface area contributed by atoms with E-state index in [0.717, 1.165) is 16.5 Å². The van der Waals surface area contributed by atoms with Crippen LogP contribution in [0.5, 0.6) is 0 Å². The molecule has 1 saturated heterocycles. The van der Waals surface area contributed by atoms with E-state index >= 15 is 0 Å². The van der Waals surface area contributed by atoms with Gasteiger partial charge < -0.3 is 14.4 Å². The summed E-state index contributed by atoms with van der Waals surface area (Å²) in [5, 5.41) is 7.35. The lowest BCUT2D eigenvalue weighted by Gasteiger charge is -2.14. The number of hydrogen-bond donors (Lipinski definition) is 1. The molecule has 1 unspecified atom stereocenters. The second kappa shape index (κ2) is 6.66. The molecule has 3 aromatic heterocycles. The molecule has 27 heavy (non-hydrogen) atoms. The number of aromatic nitrogens is 3. The topological polar surface area (TPSA) is 75.0 Å². The van der Waals surface area contributed by atoms with Crippen molar-refractivity contribution in [2.75, 3.05) is 6.54 Å². The van der Waals surface area contributed by atoms with Crippen LogP contribution in [-0.2, 0) is 17.8 Å². The highest BCUT2D eigenvalue weighted by atomic mass is 32.1. The van der Waals surface area contributed by atoms with Crippen molar-refractivity contribution in [1.82, 2.24) is 20.0 Å². The van der Waals surface area contributed by atoms with Crippen molar-refractivity contribution >= 4 is 28.1 Å². The Kier molecular flexibility index (Phi) is 4.01. The van der Waals surface area contributed by atoms with Crippen molar-refractivity contribution in [3.8, 4) is 0 Å². The van der Waals surface area contributed by atoms with E-state index in [0.29, 0.717) is 37.6 Å². The van der Waals surface area contributed by atoms with Crippen LogP contribution in [0.15, 0.2) is 52.5 Å². The van der Waals surface area contributed by atoms with E-state index in [2.05, 4.69) is 27.3 Å². The van der Waals surface area contributed by atoms with Crippen LogP contribution in [0.25, 0.3) is 10.9 Å². The van der Waals surface area contributed by atoms with Gasteiger partial charge in [-0.05, 0) is 23.1 Å². The van der Waals surface area contributed by atoms with Gasteiger partial charge in [-0.25, -0.2) is 0 Å². The van der Waals surface area contributed by atoms with Crippen molar-refractivity contribution in [2.45, 2.75) is 25.3 Å². The van der Waals surface area contributed by atoms with Crippen LogP contribution in [-0.4, -0.2) is 32.5 Å². The number of fused-ring (bicyclic) bond motifs is 1. The predicted octanol–water partition coefficient (Wildman–Crippen LogP) is 3.72. The predicted molar refractivity (Wildman–Crippen MR) is 102 cm³/mol. The van der Waals surface area contributed by atoms with E-state index in [1.165, 1.54) is 4.88 Å². The fourth-order valence-electron chi connectivity index (χ4n) is 3.64. The molecule has 0 spiro atoms. The lowest BCUT2D eigenvalue weighted by Crippen LogP contribution is -2.23. The SMILES string of the molecule is O=C1CC(c2noc(Cc3c[nH]c4ccccc34)n2)CN1Cc1cccs1. The van der Waals surface area contributed by atoms with Crippen molar-refractivity contribution in [1.29, 1.82) is 0 Å². The molecule has 7 heteroatoms. The lowest BCUT2D eigenvalue weighted by atomic mass is 10.1. The number of hydrogen-bond acceptors (Lipinski definition) is 5. The van der Waals surface area contributed by atoms with Gasteiger partial charge in [-0.3, -0.25) is 4.79 Å². The second-order valence-corrected chi connectivity index (χ2v) is 7.87. The van der Waals surface area contributed by atoms with E-state index in [1.807, 2.05) is 40.7 Å². The van der Waals surface area contributed by atoms with Crippen LogP contribution in [0, 0.1) is 0 Å². The van der Waals surface area contributed by atoms with E-state index in [9.17, 15) is 4.79 Å². The Hall–Kier alpha value is -2.93. The number of aromatic amines is 1. The third-order valence-electron chi connectivity index (χ3n) is 5.01. The van der Waals surface area contributed by atoms with E-state index in [1.54, 1.807) is 11.3 Å². The molecular weight excluding hydrogens is 360 g/mol. The Balaban J connectivity index is 1.30. The quantitative estimate of drug-likeness (QED) is 0.574. The summed E-state index contributed by atoms with van der Waals surface area (Å²) in [4.78, 5) is 23.2. The Morgan fingerprint density at radius 2 is 2.19 bits per heavy atom. The van der Waals surface area contributed by atoms with Crippen LogP contribution in [0.3, 0.4) is 0 Å². The smallest absolute Gasteiger partial charge is 0.231 e. The second-order valence-electron chi connectivity index (χ2n) is 6.84. The first-order chi connectivity index (χ1) is 13.3. The maximum atomic E-state index is 12.3. The number of rotatable bonds is 5. The number of para-hydroxylation sites is 1. The minimum absolute atomic E-state index is 0.00192. The van der Waals surface area contributed by atoms with Gasteiger partial charge in [0.2, 0.25) is 11.8 Å². The van der Waals surface area contributed by atoms with Crippen molar-refractivity contribution in [3.63, 3.8) is 0 Å². The maximum Gasteiger partial charge on any atom is 0.231 e. The van der Waals surface area contributed by atoms with Crippen molar-refractivity contribution in [3.05, 3.63) is 70.1 Å². The molecule has 0 saturated carbocycles. The van der Waals surface area contributed by atoms with Gasteiger partial charge in [0.15, 0.2) is 5.82 Å². The average molecular weight is 378 g/mol. The molecule has 1 aliphatic heterocycles. The third-order valence-corrected chi connectivity index (χ3v) is 5.87. The number of nitrogens with zero attached hydrogens (tertiary/aromatic N) is 3. The van der Waals surface area contributed by atoms with Crippen molar-refractivity contribution < 1.29 is 9.32 Å².